The number of aryl methyl sites for hydroxylation is 2. The SMILES string of the molecule is Cc1c(-c2cccc(Cl)c2Cl)sc2c1c(=O)n(CCCO)c(=O)n2C. The van der Waals surface area contributed by atoms with Crippen LogP contribution in [0, 0.1) is 6.92 Å². The second kappa shape index (κ2) is 6.96. The maximum absolute atomic E-state index is 12.8. The number of aliphatic hydroxyl groups is 1. The summed E-state index contributed by atoms with van der Waals surface area (Å²) in [5.74, 6) is 0. The number of hydrogen-bond donors (Lipinski definition) is 1. The predicted octanol–water partition coefficient (Wildman–Crippen LogP) is 3.43. The molecule has 8 heteroatoms. The summed E-state index contributed by atoms with van der Waals surface area (Å²) < 4.78 is 2.63. The van der Waals surface area contributed by atoms with Crippen molar-refractivity contribution in [3.8, 4) is 10.4 Å². The van der Waals surface area contributed by atoms with E-state index in [4.69, 9.17) is 28.3 Å². The van der Waals surface area contributed by atoms with Gasteiger partial charge in [-0.25, -0.2) is 4.79 Å². The van der Waals surface area contributed by atoms with Crippen LogP contribution in [0.3, 0.4) is 0 Å². The van der Waals surface area contributed by atoms with Gasteiger partial charge < -0.3 is 5.11 Å². The van der Waals surface area contributed by atoms with Gasteiger partial charge in [0.2, 0.25) is 0 Å². The molecule has 0 bridgehead atoms. The Morgan fingerprint density at radius 3 is 2.64 bits per heavy atom. The van der Waals surface area contributed by atoms with E-state index in [0.717, 1.165) is 16.0 Å². The van der Waals surface area contributed by atoms with Gasteiger partial charge in [-0.15, -0.1) is 11.3 Å². The molecule has 0 radical (unpaired) electrons. The van der Waals surface area contributed by atoms with Crippen molar-refractivity contribution >= 4 is 44.8 Å². The predicted molar refractivity (Wildman–Crippen MR) is 103 cm³/mol. The average molecular weight is 399 g/mol. The van der Waals surface area contributed by atoms with Crippen molar-refractivity contribution in [2.75, 3.05) is 6.61 Å². The fraction of sp³-hybridized carbons (Fsp3) is 0.294. The van der Waals surface area contributed by atoms with Gasteiger partial charge in [-0.2, -0.15) is 0 Å². The number of nitrogens with zero attached hydrogens (tertiary/aromatic N) is 2. The molecule has 25 heavy (non-hydrogen) atoms. The molecule has 0 fully saturated rings. The average Bonchev–Trinajstić information content (AvgIpc) is 2.93. The number of thiophene rings is 1. The second-order valence-electron chi connectivity index (χ2n) is 5.71. The molecule has 0 aliphatic carbocycles. The van der Waals surface area contributed by atoms with Crippen LogP contribution >= 0.6 is 34.5 Å². The van der Waals surface area contributed by atoms with Crippen LogP contribution < -0.4 is 11.2 Å². The lowest BCUT2D eigenvalue weighted by molar-refractivity contribution is 0.277. The third-order valence-electron chi connectivity index (χ3n) is 4.15. The van der Waals surface area contributed by atoms with Gasteiger partial charge in [0.25, 0.3) is 5.56 Å². The zero-order valence-corrected chi connectivity index (χ0v) is 16.0. The molecule has 0 aliphatic heterocycles. The topological polar surface area (TPSA) is 64.2 Å². The number of rotatable bonds is 4. The lowest BCUT2D eigenvalue weighted by atomic mass is 10.1. The van der Waals surface area contributed by atoms with Crippen LogP contribution in [-0.2, 0) is 13.6 Å². The number of benzene rings is 1. The highest BCUT2D eigenvalue weighted by Gasteiger charge is 2.20. The van der Waals surface area contributed by atoms with Gasteiger partial charge >= 0.3 is 5.69 Å². The van der Waals surface area contributed by atoms with Crippen molar-refractivity contribution in [1.29, 1.82) is 0 Å². The fourth-order valence-electron chi connectivity index (χ4n) is 2.84. The molecule has 1 N–H and O–H groups in total. The maximum Gasteiger partial charge on any atom is 0.331 e. The van der Waals surface area contributed by atoms with E-state index in [1.165, 1.54) is 20.5 Å². The van der Waals surface area contributed by atoms with E-state index in [1.807, 2.05) is 13.0 Å². The van der Waals surface area contributed by atoms with E-state index in [-0.39, 0.29) is 18.7 Å². The maximum atomic E-state index is 12.8. The Balaban J connectivity index is 2.36. The molecule has 3 aromatic rings. The summed E-state index contributed by atoms with van der Waals surface area (Å²) in [5.41, 5.74) is 0.768. The van der Waals surface area contributed by atoms with Crippen LogP contribution in [0.1, 0.15) is 12.0 Å². The highest BCUT2D eigenvalue weighted by molar-refractivity contribution is 7.22. The smallest absolute Gasteiger partial charge is 0.331 e. The zero-order chi connectivity index (χ0) is 18.3. The Kier molecular flexibility index (Phi) is 5.06. The third-order valence-corrected chi connectivity index (χ3v) is 6.37. The first-order chi connectivity index (χ1) is 11.9. The van der Waals surface area contributed by atoms with E-state index >= 15 is 0 Å². The van der Waals surface area contributed by atoms with Crippen molar-refractivity contribution in [3.05, 3.63) is 54.6 Å². The van der Waals surface area contributed by atoms with E-state index in [0.29, 0.717) is 26.7 Å². The van der Waals surface area contributed by atoms with Gasteiger partial charge in [-0.1, -0.05) is 35.3 Å². The number of aliphatic hydroxyl groups excluding tert-OH is 1. The summed E-state index contributed by atoms with van der Waals surface area (Å²) in [7, 11) is 1.64. The van der Waals surface area contributed by atoms with Gasteiger partial charge in [-0.3, -0.25) is 13.9 Å². The quantitative estimate of drug-likeness (QED) is 0.731. The van der Waals surface area contributed by atoms with Crippen molar-refractivity contribution < 1.29 is 5.11 Å². The summed E-state index contributed by atoms with van der Waals surface area (Å²) >= 11 is 13.8. The molecule has 0 unspecified atom stereocenters. The van der Waals surface area contributed by atoms with Crippen LogP contribution in [0.4, 0.5) is 0 Å². The van der Waals surface area contributed by atoms with Crippen molar-refractivity contribution in [1.82, 2.24) is 9.13 Å². The van der Waals surface area contributed by atoms with Crippen LogP contribution in [-0.4, -0.2) is 20.8 Å². The second-order valence-corrected chi connectivity index (χ2v) is 7.50. The lowest BCUT2D eigenvalue weighted by Crippen LogP contribution is -2.39. The van der Waals surface area contributed by atoms with Crippen LogP contribution in [0.5, 0.6) is 0 Å². The molecular weight excluding hydrogens is 383 g/mol. The van der Waals surface area contributed by atoms with Gasteiger partial charge in [0.15, 0.2) is 0 Å². The molecule has 2 heterocycles. The molecule has 0 saturated carbocycles. The minimum atomic E-state index is -0.393. The molecule has 0 spiro atoms. The van der Waals surface area contributed by atoms with Gasteiger partial charge in [0.05, 0.1) is 15.4 Å². The molecule has 3 rings (SSSR count). The molecule has 2 aromatic heterocycles. The van der Waals surface area contributed by atoms with Crippen LogP contribution in [0.25, 0.3) is 20.7 Å². The van der Waals surface area contributed by atoms with E-state index in [1.54, 1.807) is 19.2 Å². The van der Waals surface area contributed by atoms with Gasteiger partial charge in [-0.05, 0) is 25.0 Å². The molecule has 0 amide bonds. The Labute approximate surface area is 157 Å². The van der Waals surface area contributed by atoms with E-state index < -0.39 is 5.69 Å². The summed E-state index contributed by atoms with van der Waals surface area (Å²) in [6, 6.07) is 5.34. The number of fused-ring (bicyclic) bond motifs is 1. The van der Waals surface area contributed by atoms with E-state index in [2.05, 4.69) is 0 Å². The first-order valence-corrected chi connectivity index (χ1v) is 9.23. The molecule has 0 aliphatic rings. The molecule has 132 valence electrons. The van der Waals surface area contributed by atoms with E-state index in [9.17, 15) is 9.59 Å². The highest BCUT2D eigenvalue weighted by Crippen LogP contribution is 2.41. The molecule has 5 nitrogen and oxygen atoms in total. The Bertz CT molecular complexity index is 1080. The Morgan fingerprint density at radius 1 is 1.24 bits per heavy atom. The Hall–Kier alpha value is -1.60. The first-order valence-electron chi connectivity index (χ1n) is 7.66. The first kappa shape index (κ1) is 18.2. The summed E-state index contributed by atoms with van der Waals surface area (Å²) in [5, 5.41) is 10.4. The normalized spacial score (nSPS) is 11.4. The van der Waals surface area contributed by atoms with Gasteiger partial charge in [0.1, 0.15) is 4.83 Å². The molecular formula is C17H16Cl2N2O3S. The monoisotopic (exact) mass is 398 g/mol. The van der Waals surface area contributed by atoms with Crippen molar-refractivity contribution in [3.63, 3.8) is 0 Å². The van der Waals surface area contributed by atoms with Crippen molar-refractivity contribution in [2.45, 2.75) is 19.9 Å². The summed E-state index contributed by atoms with van der Waals surface area (Å²) in [4.78, 5) is 26.7. The Morgan fingerprint density at radius 2 is 1.96 bits per heavy atom. The van der Waals surface area contributed by atoms with Crippen molar-refractivity contribution in [2.24, 2.45) is 7.05 Å². The standard InChI is InChI=1S/C17H16Cl2N2O3S/c1-9-12-15(23)21(7-4-8-22)17(24)20(2)16(12)25-14(9)10-5-3-6-11(18)13(10)19/h3,5-6,22H,4,7-8H2,1-2H3. The third kappa shape index (κ3) is 2.93. The number of halogens is 2. The number of hydrogen-bond acceptors (Lipinski definition) is 4. The van der Waals surface area contributed by atoms with Crippen LogP contribution in [0.15, 0.2) is 27.8 Å². The minimum absolute atomic E-state index is 0.0837. The van der Waals surface area contributed by atoms with Crippen LogP contribution in [0.2, 0.25) is 10.0 Å². The largest absolute Gasteiger partial charge is 0.396 e. The molecule has 1 aromatic carbocycles. The highest BCUT2D eigenvalue weighted by atomic mass is 35.5. The summed E-state index contributed by atoms with van der Waals surface area (Å²) in [6.45, 7) is 1.94. The minimum Gasteiger partial charge on any atom is -0.396 e. The summed E-state index contributed by atoms with van der Waals surface area (Å²) in [6.07, 6.45) is 0.344. The fourth-order valence-corrected chi connectivity index (χ4v) is 4.58. The van der Waals surface area contributed by atoms with Gasteiger partial charge in [0, 0.05) is 30.6 Å². The molecule has 0 saturated heterocycles. The lowest BCUT2D eigenvalue weighted by Gasteiger charge is -2.07. The zero-order valence-electron chi connectivity index (χ0n) is 13.7. The molecule has 0 atom stereocenters. The number of aromatic nitrogens is 2.